The summed E-state index contributed by atoms with van der Waals surface area (Å²) in [6.45, 7) is 4.67. The fourth-order valence-corrected chi connectivity index (χ4v) is 11.4. The molecule has 1 aromatic carbocycles. The summed E-state index contributed by atoms with van der Waals surface area (Å²) >= 11 is 11.2. The molecule has 4 aromatic heterocycles. The molecule has 26 heteroatoms. The van der Waals surface area contributed by atoms with Crippen LogP contribution in [0.3, 0.4) is 0 Å². The van der Waals surface area contributed by atoms with E-state index in [-0.39, 0.29) is 52.8 Å². The zero-order valence-corrected chi connectivity index (χ0v) is 40.2. The van der Waals surface area contributed by atoms with Gasteiger partial charge in [-0.25, -0.2) is 15.0 Å². The van der Waals surface area contributed by atoms with Crippen LogP contribution in [0.1, 0.15) is 63.9 Å². The lowest BCUT2D eigenvalue weighted by molar-refractivity contribution is -0.118. The molecular formula is C38H49N9O12P2S2Si. The van der Waals surface area contributed by atoms with Crippen molar-refractivity contribution in [1.29, 1.82) is 0 Å². The van der Waals surface area contributed by atoms with E-state index in [1.165, 1.54) is 17.2 Å². The number of H-pyrrole nitrogens is 1. The van der Waals surface area contributed by atoms with Gasteiger partial charge in [-0.05, 0) is 59.9 Å². The largest absolute Gasteiger partial charge is 0.407 e. The third-order valence-electron chi connectivity index (χ3n) is 11.5. The van der Waals surface area contributed by atoms with Gasteiger partial charge in [0.05, 0.1) is 31.0 Å². The molecule has 9 atom stereocenters. The second-order valence-electron chi connectivity index (χ2n) is 17.4. The Balaban J connectivity index is 1.12. The molecule has 21 nitrogen and oxygen atoms in total. The Hall–Kier alpha value is -3.71. The molecule has 0 saturated carbocycles. The number of ether oxygens (including phenoxy) is 2. The molecule has 344 valence electrons. The number of amides is 2. The van der Waals surface area contributed by atoms with Crippen molar-refractivity contribution < 1.29 is 51.4 Å². The summed E-state index contributed by atoms with van der Waals surface area (Å²) < 4.78 is 47.8. The van der Waals surface area contributed by atoms with Crippen molar-refractivity contribution in [2.24, 2.45) is 5.92 Å². The van der Waals surface area contributed by atoms with Gasteiger partial charge in [0, 0.05) is 24.1 Å². The Labute approximate surface area is 378 Å². The monoisotopic (exact) mass is 977 g/mol. The number of aromatic amines is 1. The van der Waals surface area contributed by atoms with Crippen LogP contribution in [0.4, 0.5) is 11.8 Å². The molecular weight excluding hydrogens is 929 g/mol. The van der Waals surface area contributed by atoms with Crippen molar-refractivity contribution in [2.45, 2.75) is 102 Å². The van der Waals surface area contributed by atoms with Gasteiger partial charge >= 0.3 is 13.4 Å². The summed E-state index contributed by atoms with van der Waals surface area (Å²) in [4.78, 5) is 82.2. The van der Waals surface area contributed by atoms with Crippen LogP contribution in [0.15, 0.2) is 60.0 Å². The molecule has 0 radical (unpaired) electrons. The van der Waals surface area contributed by atoms with Gasteiger partial charge < -0.3 is 47.1 Å². The predicted molar refractivity (Wildman–Crippen MR) is 243 cm³/mol. The number of carbonyl (C=O) groups excluding carboxylic acids is 2. The zero-order chi connectivity index (χ0) is 45.9. The van der Waals surface area contributed by atoms with Gasteiger partial charge in [0.2, 0.25) is 11.9 Å². The van der Waals surface area contributed by atoms with E-state index in [9.17, 15) is 24.2 Å². The predicted octanol–water partition coefficient (Wildman–Crippen LogP) is 5.24. The molecule has 0 aliphatic carbocycles. The number of hydrogen-bond donors (Lipinski definition) is 5. The Bertz CT molecular complexity index is 2730. The highest BCUT2D eigenvalue weighted by atomic mass is 32.5. The molecule has 64 heavy (non-hydrogen) atoms. The van der Waals surface area contributed by atoms with E-state index in [1.807, 2.05) is 6.07 Å². The van der Waals surface area contributed by atoms with Crippen molar-refractivity contribution in [3.63, 3.8) is 0 Å². The maximum absolute atomic E-state index is 13.2. The number of anilines is 2. The Kier molecular flexibility index (Phi) is 13.0. The number of hydrogen-bond acceptors (Lipinski definition) is 16. The molecule has 8 rings (SSSR count). The molecule has 3 aliphatic heterocycles. The first-order chi connectivity index (χ1) is 30.1. The topological polar surface area (TPSA) is 258 Å². The number of carbonyl (C=O) groups is 2. The van der Waals surface area contributed by atoms with Gasteiger partial charge in [0.25, 0.3) is 11.5 Å². The van der Waals surface area contributed by atoms with Crippen LogP contribution in [-0.2, 0) is 60.4 Å². The minimum atomic E-state index is -4.16. The van der Waals surface area contributed by atoms with E-state index in [4.69, 9.17) is 55.6 Å². The van der Waals surface area contributed by atoms with Gasteiger partial charge in [-0.15, -0.1) is 0 Å². The van der Waals surface area contributed by atoms with Gasteiger partial charge in [-0.2, -0.15) is 4.98 Å². The van der Waals surface area contributed by atoms with Crippen LogP contribution in [0, 0.1) is 5.92 Å². The van der Waals surface area contributed by atoms with Crippen molar-refractivity contribution in [3.05, 3.63) is 71.2 Å². The molecule has 7 heterocycles. The van der Waals surface area contributed by atoms with E-state index in [1.54, 1.807) is 54.9 Å². The number of aromatic nitrogens is 7. The van der Waals surface area contributed by atoms with Crippen LogP contribution in [0.2, 0.25) is 18.1 Å². The maximum Gasteiger partial charge on any atom is 0.325 e. The highest BCUT2D eigenvalue weighted by Gasteiger charge is 2.54. The summed E-state index contributed by atoms with van der Waals surface area (Å²) in [6.07, 6.45) is -2.77. The standard InChI is InChI=1S/C38H49N9O12P2S2Si/c1-20(2)32(48)44-37-43-31-26(34(50)45-37)41-19-47(31)35-24-15-22(55-35)16-53-61(52,63)58-27-25(17-54-60(51,62)57-24)56-36(28(27)59-64(6,7)38(3,4)5)46-14-13-23-29(39-18-40-30(23)46)42-33(49)21-11-9-8-10-12-21/h8-14,18-20,22,24-25,27-28,35-36H,15-17H2,1-7H3,(H,51,62)(H,52,63)(H,39,40,42,49)(H2,43,44,45,48,50)/t22-,24?,25+,27-,28?,35+,36+,60?,61?/m0/s1. The van der Waals surface area contributed by atoms with Gasteiger partial charge in [-0.3, -0.25) is 33.8 Å². The molecule has 5 N–H and O–H groups in total. The summed E-state index contributed by atoms with van der Waals surface area (Å²) in [7, 11) is -2.69. The fraction of sp³-hybridized carbons (Fsp3) is 0.500. The normalized spacial score (nSPS) is 29.2. The van der Waals surface area contributed by atoms with Gasteiger partial charge in [0.1, 0.15) is 42.2 Å². The molecule has 2 bridgehead atoms. The summed E-state index contributed by atoms with van der Waals surface area (Å²) in [5.74, 6) is -0.993. The molecule has 2 amide bonds. The molecule has 3 fully saturated rings. The van der Waals surface area contributed by atoms with E-state index >= 15 is 0 Å². The minimum Gasteiger partial charge on any atom is -0.407 e. The summed E-state index contributed by atoms with van der Waals surface area (Å²) in [5, 5.41) is 5.65. The van der Waals surface area contributed by atoms with E-state index in [2.05, 4.69) is 69.4 Å². The van der Waals surface area contributed by atoms with Crippen molar-refractivity contribution in [3.8, 4) is 0 Å². The van der Waals surface area contributed by atoms with Crippen LogP contribution in [-0.4, -0.2) is 108 Å². The maximum atomic E-state index is 13.2. The van der Waals surface area contributed by atoms with E-state index in [0.29, 0.717) is 16.6 Å². The van der Waals surface area contributed by atoms with Crippen molar-refractivity contribution in [2.75, 3.05) is 23.8 Å². The number of benzene rings is 1. The number of nitrogens with one attached hydrogen (secondary N) is 3. The SMILES string of the molecule is CC(C)C(=O)Nc1nc2c(ncn2[C@@H]2O[C@@H]3COP(O)(=S)O[C@@H]4C(O[Si](C)(C)C(C)(C)C)[C@H](n5ccc6c(NC(=O)c7ccccc7)ncnc65)O[C@@H]4COP(O)(=S)OC2C3)c(=O)[nH]1. The van der Waals surface area contributed by atoms with Crippen molar-refractivity contribution in [1.82, 2.24) is 34.1 Å². The van der Waals surface area contributed by atoms with Crippen LogP contribution >= 0.6 is 13.4 Å². The molecule has 5 aromatic rings. The van der Waals surface area contributed by atoms with Gasteiger partial charge in [-0.1, -0.05) is 52.8 Å². The fourth-order valence-electron chi connectivity index (χ4n) is 7.21. The lowest BCUT2D eigenvalue weighted by Gasteiger charge is -2.41. The minimum absolute atomic E-state index is 0.0429. The first kappa shape index (κ1) is 46.8. The Morgan fingerprint density at radius 2 is 1.66 bits per heavy atom. The third-order valence-corrected chi connectivity index (χ3v) is 19.2. The zero-order valence-electron chi connectivity index (χ0n) is 35.8. The summed E-state index contributed by atoms with van der Waals surface area (Å²) in [5.41, 5.74) is 0.192. The molecule has 3 aliphatic rings. The number of imidazole rings is 1. The molecule has 3 saturated heterocycles. The van der Waals surface area contributed by atoms with Crippen LogP contribution < -0.4 is 16.2 Å². The lowest BCUT2D eigenvalue weighted by Crippen LogP contribution is -2.49. The van der Waals surface area contributed by atoms with E-state index in [0.717, 1.165) is 0 Å². The quantitative estimate of drug-likeness (QED) is 0.0984. The Morgan fingerprint density at radius 3 is 2.38 bits per heavy atom. The second kappa shape index (κ2) is 17.8. The molecule has 0 spiro atoms. The van der Waals surface area contributed by atoms with Crippen LogP contribution in [0.25, 0.3) is 22.2 Å². The third kappa shape index (κ3) is 9.72. The van der Waals surface area contributed by atoms with Crippen LogP contribution in [0.5, 0.6) is 0 Å². The average molecular weight is 978 g/mol. The van der Waals surface area contributed by atoms with Gasteiger partial charge in [0.15, 0.2) is 31.9 Å². The smallest absolute Gasteiger partial charge is 0.325 e. The average Bonchev–Trinajstić information content (AvgIpc) is 4.01. The Morgan fingerprint density at radius 1 is 0.938 bits per heavy atom. The molecule has 4 unspecified atom stereocenters. The number of nitrogens with zero attached hydrogens (tertiary/aromatic N) is 6. The van der Waals surface area contributed by atoms with Crippen molar-refractivity contribution >= 4 is 91.1 Å². The second-order valence-corrected chi connectivity index (χ2v) is 27.8. The summed E-state index contributed by atoms with van der Waals surface area (Å²) in [6, 6.07) is 10.4. The first-order valence-corrected chi connectivity index (χ1v) is 28.4. The highest BCUT2D eigenvalue weighted by Crippen LogP contribution is 2.55. The first-order valence-electron chi connectivity index (χ1n) is 20.4. The van der Waals surface area contributed by atoms with E-state index < -0.39 is 82.8 Å². The number of fused-ring (bicyclic) bond motifs is 5. The number of rotatable bonds is 8. The highest BCUT2D eigenvalue weighted by molar-refractivity contribution is 8.07. The lowest BCUT2D eigenvalue weighted by atomic mass is 10.1.